The third-order valence-electron chi connectivity index (χ3n) is 6.60. The van der Waals surface area contributed by atoms with Crippen molar-refractivity contribution in [1.29, 1.82) is 0 Å². The van der Waals surface area contributed by atoms with Gasteiger partial charge in [-0.2, -0.15) is 0 Å². The summed E-state index contributed by atoms with van der Waals surface area (Å²) in [6, 6.07) is 12.7. The molecule has 1 unspecified atom stereocenters. The average molecular weight is 532 g/mol. The van der Waals surface area contributed by atoms with Crippen molar-refractivity contribution in [2.24, 2.45) is 5.92 Å². The van der Waals surface area contributed by atoms with Crippen LogP contribution in [0.15, 0.2) is 65.5 Å². The summed E-state index contributed by atoms with van der Waals surface area (Å²) in [7, 11) is 0. The highest BCUT2D eigenvalue weighted by Crippen LogP contribution is 2.24. The van der Waals surface area contributed by atoms with E-state index in [0.29, 0.717) is 35.0 Å². The summed E-state index contributed by atoms with van der Waals surface area (Å²) < 4.78 is 11.0. The van der Waals surface area contributed by atoms with Crippen molar-refractivity contribution in [2.45, 2.75) is 58.9 Å². The molecule has 0 aliphatic carbocycles. The van der Waals surface area contributed by atoms with Crippen molar-refractivity contribution in [1.82, 2.24) is 15.0 Å². The van der Waals surface area contributed by atoms with Crippen molar-refractivity contribution in [3.8, 4) is 5.75 Å². The fourth-order valence-electron chi connectivity index (χ4n) is 4.22. The van der Waals surface area contributed by atoms with Gasteiger partial charge in [0, 0.05) is 29.8 Å². The van der Waals surface area contributed by atoms with E-state index in [9.17, 15) is 9.59 Å². The Morgan fingerprint density at radius 2 is 1.92 bits per heavy atom. The Kier molecular flexibility index (Phi) is 8.81. The highest BCUT2D eigenvalue weighted by atomic mass is 16.5. The minimum Gasteiger partial charge on any atom is -0.464 e. The molecule has 2 amide bonds. The van der Waals surface area contributed by atoms with Crippen LogP contribution in [-0.4, -0.2) is 46.0 Å². The van der Waals surface area contributed by atoms with Gasteiger partial charge < -0.3 is 24.8 Å². The molecular weight excluding hydrogens is 494 g/mol. The summed E-state index contributed by atoms with van der Waals surface area (Å²) in [6.45, 7) is 12.6. The second-order valence-corrected chi connectivity index (χ2v) is 11.2. The third-order valence-corrected chi connectivity index (χ3v) is 6.60. The Labute approximate surface area is 229 Å². The molecule has 1 saturated heterocycles. The van der Waals surface area contributed by atoms with E-state index in [0.717, 1.165) is 25.1 Å². The van der Waals surface area contributed by atoms with Crippen molar-refractivity contribution < 1.29 is 18.8 Å². The maximum atomic E-state index is 12.6. The predicted molar refractivity (Wildman–Crippen MR) is 151 cm³/mol. The predicted octanol–water partition coefficient (Wildman–Crippen LogP) is 5.42. The van der Waals surface area contributed by atoms with E-state index in [1.807, 2.05) is 20.8 Å². The van der Waals surface area contributed by atoms with Crippen LogP contribution in [0.3, 0.4) is 0 Å². The minimum absolute atomic E-state index is 0.167. The minimum atomic E-state index is -0.331. The van der Waals surface area contributed by atoms with Crippen LogP contribution >= 0.6 is 0 Å². The number of carbonyl (C=O) groups is 2. The summed E-state index contributed by atoms with van der Waals surface area (Å²) in [4.78, 5) is 31.7. The SMILES string of the molecule is CC(C)N1CCC(C=COc2ccc(C(=O)Nc3ccc(CC(=O)Nc4cc(C(C)(C)C)on4)cc3)nc2)C1. The highest BCUT2D eigenvalue weighted by molar-refractivity contribution is 6.02. The molecule has 1 fully saturated rings. The van der Waals surface area contributed by atoms with Gasteiger partial charge in [-0.15, -0.1) is 0 Å². The molecule has 0 spiro atoms. The van der Waals surface area contributed by atoms with Crippen LogP contribution in [-0.2, 0) is 16.6 Å². The first kappa shape index (κ1) is 28.0. The lowest BCUT2D eigenvalue weighted by molar-refractivity contribution is -0.115. The summed E-state index contributed by atoms with van der Waals surface area (Å²) in [5, 5.41) is 9.49. The van der Waals surface area contributed by atoms with Gasteiger partial charge in [-0.3, -0.25) is 9.59 Å². The number of rotatable bonds is 9. The van der Waals surface area contributed by atoms with Crippen molar-refractivity contribution in [3.05, 3.63) is 78.0 Å². The molecule has 9 nitrogen and oxygen atoms in total. The lowest BCUT2D eigenvalue weighted by atomic mass is 9.93. The average Bonchev–Trinajstić information content (AvgIpc) is 3.56. The van der Waals surface area contributed by atoms with E-state index < -0.39 is 0 Å². The summed E-state index contributed by atoms with van der Waals surface area (Å²) in [6.07, 6.45) is 6.63. The van der Waals surface area contributed by atoms with Gasteiger partial charge in [-0.05, 0) is 68.6 Å². The lowest BCUT2D eigenvalue weighted by Gasteiger charge is -2.19. The number of amides is 2. The highest BCUT2D eigenvalue weighted by Gasteiger charge is 2.22. The number of anilines is 2. The molecule has 1 aromatic carbocycles. The van der Waals surface area contributed by atoms with E-state index in [1.54, 1.807) is 48.7 Å². The molecule has 4 rings (SSSR count). The van der Waals surface area contributed by atoms with E-state index >= 15 is 0 Å². The number of pyridine rings is 1. The van der Waals surface area contributed by atoms with Crippen molar-refractivity contribution in [2.75, 3.05) is 23.7 Å². The number of nitrogens with zero attached hydrogens (tertiary/aromatic N) is 3. The Bertz CT molecular complexity index is 1290. The topological polar surface area (TPSA) is 110 Å². The van der Waals surface area contributed by atoms with Crippen LogP contribution in [0.4, 0.5) is 11.5 Å². The molecule has 3 aromatic rings. The molecule has 2 aromatic heterocycles. The molecular formula is C30H37N5O4. The molecule has 0 saturated carbocycles. The van der Waals surface area contributed by atoms with Crippen molar-refractivity contribution >= 4 is 23.3 Å². The van der Waals surface area contributed by atoms with Gasteiger partial charge in [0.05, 0.1) is 18.9 Å². The molecule has 1 aliphatic rings. The molecule has 0 bridgehead atoms. The number of benzene rings is 1. The van der Waals surface area contributed by atoms with Crippen LogP contribution in [0.1, 0.15) is 62.9 Å². The molecule has 2 N–H and O–H groups in total. The number of likely N-dealkylation sites (tertiary alicyclic amines) is 1. The first-order valence-corrected chi connectivity index (χ1v) is 13.3. The lowest BCUT2D eigenvalue weighted by Crippen LogP contribution is -2.27. The normalized spacial score (nSPS) is 16.1. The second kappa shape index (κ2) is 12.3. The van der Waals surface area contributed by atoms with Gasteiger partial charge >= 0.3 is 0 Å². The Morgan fingerprint density at radius 1 is 1.15 bits per heavy atom. The Hall–Kier alpha value is -3.98. The van der Waals surface area contributed by atoms with E-state index in [-0.39, 0.29) is 29.3 Å². The zero-order valence-electron chi connectivity index (χ0n) is 23.2. The van der Waals surface area contributed by atoms with E-state index in [1.165, 1.54) is 6.20 Å². The van der Waals surface area contributed by atoms with Gasteiger partial charge in [0.25, 0.3) is 5.91 Å². The van der Waals surface area contributed by atoms with E-state index in [4.69, 9.17) is 9.26 Å². The molecule has 0 radical (unpaired) electrons. The fraction of sp³-hybridized carbons (Fsp3) is 0.400. The Balaban J connectivity index is 1.23. The van der Waals surface area contributed by atoms with Gasteiger partial charge in [0.1, 0.15) is 17.2 Å². The van der Waals surface area contributed by atoms with Gasteiger partial charge in [0.15, 0.2) is 5.82 Å². The number of ether oxygens (including phenoxy) is 1. The monoisotopic (exact) mass is 531 g/mol. The number of nitrogens with one attached hydrogen (secondary N) is 2. The smallest absolute Gasteiger partial charge is 0.274 e. The zero-order valence-corrected chi connectivity index (χ0v) is 23.2. The molecule has 39 heavy (non-hydrogen) atoms. The molecule has 206 valence electrons. The van der Waals surface area contributed by atoms with Crippen LogP contribution in [0.25, 0.3) is 0 Å². The largest absolute Gasteiger partial charge is 0.464 e. The zero-order chi connectivity index (χ0) is 28.0. The fourth-order valence-corrected chi connectivity index (χ4v) is 4.22. The molecule has 3 heterocycles. The molecule has 9 heteroatoms. The summed E-state index contributed by atoms with van der Waals surface area (Å²) in [5.41, 5.74) is 1.49. The van der Waals surface area contributed by atoms with Crippen LogP contribution < -0.4 is 15.4 Å². The number of hydrogen-bond donors (Lipinski definition) is 2. The van der Waals surface area contributed by atoms with E-state index in [2.05, 4.69) is 45.6 Å². The van der Waals surface area contributed by atoms with Crippen molar-refractivity contribution in [3.63, 3.8) is 0 Å². The van der Waals surface area contributed by atoms with Gasteiger partial charge in [-0.25, -0.2) is 4.98 Å². The first-order valence-electron chi connectivity index (χ1n) is 13.3. The van der Waals surface area contributed by atoms with Gasteiger partial charge in [-0.1, -0.05) is 38.1 Å². The Morgan fingerprint density at radius 3 is 2.54 bits per heavy atom. The summed E-state index contributed by atoms with van der Waals surface area (Å²) in [5.74, 6) is 1.61. The third kappa shape index (κ3) is 8.00. The van der Waals surface area contributed by atoms with Crippen LogP contribution in [0, 0.1) is 5.92 Å². The maximum Gasteiger partial charge on any atom is 0.274 e. The number of hydrogen-bond acceptors (Lipinski definition) is 7. The van der Waals surface area contributed by atoms with Crippen LogP contribution in [0.5, 0.6) is 5.75 Å². The number of aromatic nitrogens is 2. The quantitative estimate of drug-likeness (QED) is 0.355. The number of carbonyl (C=O) groups excluding carboxylic acids is 2. The standard InChI is InChI=1S/C30H37N5O4/c1-20(2)35-14-12-22(19-35)13-15-38-24-10-11-25(31-18-24)29(37)32-23-8-6-21(7-9-23)16-28(36)33-27-17-26(39-34-27)30(3,4)5/h6-11,13,15,17-18,20,22H,12,14,16,19H2,1-5H3,(H,32,37)(H,33,34,36). The second-order valence-electron chi connectivity index (χ2n) is 11.2. The van der Waals surface area contributed by atoms with Crippen LogP contribution in [0.2, 0.25) is 0 Å². The molecule has 1 aliphatic heterocycles. The van der Waals surface area contributed by atoms with Gasteiger partial charge in [0.2, 0.25) is 5.91 Å². The first-order chi connectivity index (χ1) is 18.6. The maximum absolute atomic E-state index is 12.6. The molecule has 1 atom stereocenters. The summed E-state index contributed by atoms with van der Waals surface area (Å²) >= 11 is 0.